The molecule has 0 saturated heterocycles. The number of para-hydroxylation sites is 2. The minimum Gasteiger partial charge on any atom is -0.311 e. The number of nitrogens with zero attached hydrogens (tertiary/aromatic N) is 4. The highest BCUT2D eigenvalue weighted by atomic mass is 15.1. The van der Waals surface area contributed by atoms with Crippen molar-refractivity contribution in [3.63, 3.8) is 0 Å². The smallest absolute Gasteiger partial charge is 0.0705 e. The van der Waals surface area contributed by atoms with Crippen LogP contribution >= 0.6 is 0 Å². The molecule has 1 aromatic heterocycles. The van der Waals surface area contributed by atoms with Crippen LogP contribution in [0.3, 0.4) is 0 Å². The summed E-state index contributed by atoms with van der Waals surface area (Å²) in [5.74, 6) is 0.161. The van der Waals surface area contributed by atoms with Crippen molar-refractivity contribution in [1.82, 2.24) is 4.98 Å². The van der Waals surface area contributed by atoms with E-state index in [-0.39, 0.29) is 5.92 Å². The number of anilines is 6. The standard InChI is InChI=1S/C59H48N4/c1-3-4-24-57(60-2)47-31-39-55(40-32-47)63(52-22-12-7-13-23-52)56-41-33-48(34-42-56)58-25-15-26-59(61-58)50-19-14-18-49(43-50)46-29-37-54(38-30-46)62(51-20-10-6-11-21-51)53-35-27-45(28-36-53)44-16-8-5-9-17-44/h3-18,20-43,50H,2,19H2,1H3/b4-3-,57-24-. The van der Waals surface area contributed by atoms with Gasteiger partial charge in [-0.05, 0) is 133 Å². The molecule has 63 heavy (non-hydrogen) atoms. The van der Waals surface area contributed by atoms with Gasteiger partial charge in [-0.1, -0.05) is 152 Å². The Balaban J connectivity index is 0.947. The van der Waals surface area contributed by atoms with Crippen LogP contribution in [0.4, 0.5) is 34.1 Å². The maximum Gasteiger partial charge on any atom is 0.0705 e. The largest absolute Gasteiger partial charge is 0.311 e. The maximum atomic E-state index is 5.25. The molecule has 1 atom stereocenters. The lowest BCUT2D eigenvalue weighted by atomic mass is 9.89. The highest BCUT2D eigenvalue weighted by Gasteiger charge is 2.18. The molecule has 1 heterocycles. The Morgan fingerprint density at radius 2 is 1.00 bits per heavy atom. The molecule has 0 saturated carbocycles. The number of pyridine rings is 1. The minimum absolute atomic E-state index is 0.161. The van der Waals surface area contributed by atoms with Crippen LogP contribution in [0, 0.1) is 0 Å². The van der Waals surface area contributed by atoms with Crippen molar-refractivity contribution >= 4 is 52.1 Å². The first-order valence-corrected chi connectivity index (χ1v) is 21.5. The normalized spacial score (nSPS) is 13.7. The van der Waals surface area contributed by atoms with Crippen LogP contribution in [0.2, 0.25) is 0 Å². The second-order valence-electron chi connectivity index (χ2n) is 15.4. The monoisotopic (exact) mass is 812 g/mol. The van der Waals surface area contributed by atoms with E-state index >= 15 is 0 Å². The van der Waals surface area contributed by atoms with Crippen molar-refractivity contribution in [2.24, 2.45) is 4.99 Å². The van der Waals surface area contributed by atoms with E-state index in [2.05, 4.69) is 240 Å². The molecule has 0 spiro atoms. The summed E-state index contributed by atoms with van der Waals surface area (Å²) in [7, 11) is 0. The minimum atomic E-state index is 0.161. The van der Waals surface area contributed by atoms with Crippen LogP contribution < -0.4 is 9.80 Å². The second kappa shape index (κ2) is 19.1. The molecule has 9 rings (SSSR count). The third-order valence-corrected chi connectivity index (χ3v) is 11.4. The molecule has 7 aromatic carbocycles. The SMILES string of the molecule is C=N/C(=C\C=C/C)c1ccc(N(c2ccccc2)c2ccc(-c3cccc(C4C=C(c5ccc(N(c6ccccc6)c6ccc(-c7ccccc7)cc6)cc5)C=CC4)n3)cc2)cc1. The van der Waals surface area contributed by atoms with Crippen LogP contribution in [0.15, 0.2) is 248 Å². The number of aromatic nitrogens is 1. The van der Waals surface area contributed by atoms with Gasteiger partial charge in [-0.2, -0.15) is 0 Å². The van der Waals surface area contributed by atoms with E-state index in [1.54, 1.807) is 0 Å². The summed E-state index contributed by atoms with van der Waals surface area (Å²) in [5, 5.41) is 0. The number of aliphatic imine (C=N–C) groups is 1. The molecule has 0 amide bonds. The molecule has 304 valence electrons. The van der Waals surface area contributed by atoms with Gasteiger partial charge in [-0.3, -0.25) is 9.98 Å². The van der Waals surface area contributed by atoms with Crippen LogP contribution in [-0.2, 0) is 0 Å². The number of hydrogen-bond acceptors (Lipinski definition) is 4. The first-order valence-electron chi connectivity index (χ1n) is 21.5. The van der Waals surface area contributed by atoms with E-state index in [0.717, 1.165) is 68.8 Å². The van der Waals surface area contributed by atoms with E-state index < -0.39 is 0 Å². The summed E-state index contributed by atoms with van der Waals surface area (Å²) < 4.78 is 0. The van der Waals surface area contributed by atoms with Gasteiger partial charge < -0.3 is 9.80 Å². The average Bonchev–Trinajstić information content (AvgIpc) is 3.36. The third-order valence-electron chi connectivity index (χ3n) is 11.4. The fourth-order valence-corrected chi connectivity index (χ4v) is 8.17. The third kappa shape index (κ3) is 9.17. The number of rotatable bonds is 13. The van der Waals surface area contributed by atoms with Gasteiger partial charge in [-0.25, -0.2) is 0 Å². The Hall–Kier alpha value is -8.08. The first kappa shape index (κ1) is 40.3. The van der Waals surface area contributed by atoms with Gasteiger partial charge in [0, 0.05) is 56.9 Å². The van der Waals surface area contributed by atoms with Crippen LogP contribution in [0.1, 0.15) is 36.1 Å². The van der Waals surface area contributed by atoms with Crippen molar-refractivity contribution in [2.75, 3.05) is 9.80 Å². The highest BCUT2D eigenvalue weighted by molar-refractivity contribution is 5.82. The van der Waals surface area contributed by atoms with Crippen molar-refractivity contribution in [3.05, 3.63) is 260 Å². The Morgan fingerprint density at radius 1 is 0.524 bits per heavy atom. The molecular weight excluding hydrogens is 765 g/mol. The van der Waals surface area contributed by atoms with Gasteiger partial charge in [0.05, 0.1) is 11.4 Å². The molecule has 8 aromatic rings. The molecule has 0 fully saturated rings. The van der Waals surface area contributed by atoms with Crippen LogP contribution in [-0.4, -0.2) is 11.7 Å². The lowest BCUT2D eigenvalue weighted by Crippen LogP contribution is -2.10. The van der Waals surface area contributed by atoms with Gasteiger partial charge in [0.25, 0.3) is 0 Å². The van der Waals surface area contributed by atoms with E-state index in [0.29, 0.717) is 0 Å². The lowest BCUT2D eigenvalue weighted by molar-refractivity contribution is 0.820. The molecule has 1 aliphatic rings. The zero-order valence-electron chi connectivity index (χ0n) is 35.4. The average molecular weight is 813 g/mol. The molecule has 1 aliphatic carbocycles. The van der Waals surface area contributed by atoms with Crippen molar-refractivity contribution in [1.29, 1.82) is 0 Å². The molecule has 0 bridgehead atoms. The molecule has 0 N–H and O–H groups in total. The van der Waals surface area contributed by atoms with E-state index in [1.807, 2.05) is 31.2 Å². The van der Waals surface area contributed by atoms with Crippen LogP contribution in [0.25, 0.3) is 33.7 Å². The molecule has 0 radical (unpaired) electrons. The number of hydrogen-bond donors (Lipinski definition) is 0. The lowest BCUT2D eigenvalue weighted by Gasteiger charge is -2.26. The second-order valence-corrected chi connectivity index (χ2v) is 15.4. The van der Waals surface area contributed by atoms with E-state index in [4.69, 9.17) is 4.98 Å². The van der Waals surface area contributed by atoms with Gasteiger partial charge in [0.15, 0.2) is 0 Å². The molecule has 4 nitrogen and oxygen atoms in total. The van der Waals surface area contributed by atoms with Crippen LogP contribution in [0.5, 0.6) is 0 Å². The Morgan fingerprint density at radius 3 is 1.54 bits per heavy atom. The van der Waals surface area contributed by atoms with E-state index in [1.165, 1.54) is 22.3 Å². The topological polar surface area (TPSA) is 31.7 Å². The Kier molecular flexibility index (Phi) is 12.2. The van der Waals surface area contributed by atoms with E-state index in [9.17, 15) is 0 Å². The molecule has 1 unspecified atom stereocenters. The zero-order valence-corrected chi connectivity index (χ0v) is 35.4. The van der Waals surface area contributed by atoms with Crippen molar-refractivity contribution in [2.45, 2.75) is 19.3 Å². The molecule has 0 aliphatic heterocycles. The zero-order chi connectivity index (χ0) is 42.8. The summed E-state index contributed by atoms with van der Waals surface area (Å²) in [6.07, 6.45) is 13.7. The fourth-order valence-electron chi connectivity index (χ4n) is 8.17. The number of allylic oxidation sites excluding steroid dienone is 7. The van der Waals surface area contributed by atoms with Gasteiger partial charge in [0.1, 0.15) is 0 Å². The van der Waals surface area contributed by atoms with Gasteiger partial charge >= 0.3 is 0 Å². The summed E-state index contributed by atoms with van der Waals surface area (Å²) in [6.45, 7) is 5.77. The maximum absolute atomic E-state index is 5.25. The predicted octanol–water partition coefficient (Wildman–Crippen LogP) is 16.1. The summed E-state index contributed by atoms with van der Waals surface area (Å²) >= 11 is 0. The van der Waals surface area contributed by atoms with Crippen molar-refractivity contribution in [3.8, 4) is 22.4 Å². The molecular formula is C59H48N4. The summed E-state index contributed by atoms with van der Waals surface area (Å²) in [6, 6.07) is 72.8. The predicted molar refractivity (Wildman–Crippen MR) is 268 cm³/mol. The summed E-state index contributed by atoms with van der Waals surface area (Å²) in [4.78, 5) is 14.1. The Bertz CT molecular complexity index is 2890. The highest BCUT2D eigenvalue weighted by Crippen LogP contribution is 2.39. The molecule has 4 heteroatoms. The Labute approximate surface area is 371 Å². The van der Waals surface area contributed by atoms with Gasteiger partial charge in [0.2, 0.25) is 0 Å². The van der Waals surface area contributed by atoms with Crippen molar-refractivity contribution < 1.29 is 0 Å². The van der Waals surface area contributed by atoms with Gasteiger partial charge in [-0.15, -0.1) is 0 Å². The fraction of sp³-hybridized carbons (Fsp3) is 0.0508. The number of benzene rings is 7. The first-order chi connectivity index (χ1) is 31.1. The summed E-state index contributed by atoms with van der Waals surface area (Å²) in [5.41, 5.74) is 16.3. The quantitative estimate of drug-likeness (QED) is 0.0858.